The van der Waals surface area contributed by atoms with Crippen LogP contribution in [-0.2, 0) is 5.60 Å². The van der Waals surface area contributed by atoms with Crippen molar-refractivity contribution in [3.05, 3.63) is 84.1 Å². The van der Waals surface area contributed by atoms with Crippen LogP contribution in [0.15, 0.2) is 66.9 Å². The Kier molecular flexibility index (Phi) is 6.32. The summed E-state index contributed by atoms with van der Waals surface area (Å²) in [5, 5.41) is 14.8. The van der Waals surface area contributed by atoms with Crippen molar-refractivity contribution in [1.82, 2.24) is 24.8 Å². The van der Waals surface area contributed by atoms with Gasteiger partial charge in [0.2, 0.25) is 5.95 Å². The molecule has 0 saturated carbocycles. The molecule has 4 aromatic rings. The fraction of sp³-hybridized carbons (Fsp3) is 0.296. The Morgan fingerprint density at radius 2 is 1.74 bits per heavy atom. The number of aromatic nitrogens is 4. The molecule has 8 heteroatoms. The minimum Gasteiger partial charge on any atom is -0.382 e. The van der Waals surface area contributed by atoms with E-state index < -0.39 is 5.60 Å². The molecule has 5 rings (SSSR count). The Hall–Kier alpha value is -3.62. The molecular weight excluding hydrogens is 443 g/mol. The van der Waals surface area contributed by atoms with Crippen LogP contribution in [-0.4, -0.2) is 50.1 Å². The van der Waals surface area contributed by atoms with Crippen LogP contribution in [0.2, 0.25) is 0 Å². The number of aromatic amines is 1. The van der Waals surface area contributed by atoms with Gasteiger partial charge < -0.3 is 20.3 Å². The summed E-state index contributed by atoms with van der Waals surface area (Å²) in [5.41, 5.74) is 2.73. The summed E-state index contributed by atoms with van der Waals surface area (Å²) in [5.74, 6) is 0.673. The maximum Gasteiger partial charge on any atom is 0.223 e. The molecule has 2 aromatic heterocycles. The first-order valence-corrected chi connectivity index (χ1v) is 11.8. The van der Waals surface area contributed by atoms with E-state index in [-0.39, 0.29) is 11.9 Å². The Labute approximate surface area is 204 Å². The molecular formula is C27H29FN6O. The molecule has 0 aliphatic carbocycles. The number of hydrogen-bond acceptors (Lipinski definition) is 6. The minimum atomic E-state index is -1.06. The summed E-state index contributed by atoms with van der Waals surface area (Å²) in [7, 11) is 2.04. The summed E-state index contributed by atoms with van der Waals surface area (Å²) in [6.07, 6.45) is 2.84. The van der Waals surface area contributed by atoms with Crippen LogP contribution in [0, 0.1) is 5.82 Å². The number of nitrogens with zero attached hydrogens (tertiary/aromatic N) is 4. The van der Waals surface area contributed by atoms with Crippen molar-refractivity contribution in [2.45, 2.75) is 31.4 Å². The van der Waals surface area contributed by atoms with Gasteiger partial charge in [0.05, 0.1) is 23.1 Å². The quantitative estimate of drug-likeness (QED) is 0.375. The zero-order chi connectivity index (χ0) is 24.4. The highest BCUT2D eigenvalue weighted by Gasteiger charge is 2.37. The molecule has 2 aromatic carbocycles. The van der Waals surface area contributed by atoms with Crippen LogP contribution in [0.25, 0.3) is 22.6 Å². The van der Waals surface area contributed by atoms with E-state index in [4.69, 9.17) is 9.97 Å². The van der Waals surface area contributed by atoms with Crippen LogP contribution >= 0.6 is 0 Å². The zero-order valence-electron chi connectivity index (χ0n) is 19.9. The molecule has 0 spiro atoms. The molecule has 0 amide bonds. The summed E-state index contributed by atoms with van der Waals surface area (Å²) in [6, 6.07) is 18.1. The zero-order valence-corrected chi connectivity index (χ0v) is 19.9. The Morgan fingerprint density at radius 3 is 2.46 bits per heavy atom. The molecule has 35 heavy (non-hydrogen) atoms. The van der Waals surface area contributed by atoms with Crippen LogP contribution in [0.5, 0.6) is 0 Å². The van der Waals surface area contributed by atoms with Crippen molar-refractivity contribution in [3.63, 3.8) is 0 Å². The number of anilines is 1. The van der Waals surface area contributed by atoms with Gasteiger partial charge in [0.15, 0.2) is 0 Å². The summed E-state index contributed by atoms with van der Waals surface area (Å²) in [4.78, 5) is 19.5. The van der Waals surface area contributed by atoms with Gasteiger partial charge in [-0.15, -0.1) is 0 Å². The van der Waals surface area contributed by atoms with E-state index in [1.54, 1.807) is 24.4 Å². The number of benzene rings is 2. The van der Waals surface area contributed by atoms with Gasteiger partial charge in [0.1, 0.15) is 17.2 Å². The molecule has 1 aliphatic heterocycles. The predicted molar refractivity (Wildman–Crippen MR) is 134 cm³/mol. The summed E-state index contributed by atoms with van der Waals surface area (Å²) >= 11 is 0. The van der Waals surface area contributed by atoms with E-state index in [1.807, 2.05) is 25.2 Å². The van der Waals surface area contributed by atoms with Gasteiger partial charge in [-0.25, -0.2) is 19.3 Å². The second-order valence-electron chi connectivity index (χ2n) is 9.19. The molecule has 7 nitrogen and oxygen atoms in total. The lowest BCUT2D eigenvalue weighted by molar-refractivity contribution is -0.0269. The highest BCUT2D eigenvalue weighted by molar-refractivity contribution is 5.77. The third kappa shape index (κ3) is 4.94. The number of imidazole rings is 1. The van der Waals surface area contributed by atoms with Gasteiger partial charge in [-0.1, -0.05) is 30.3 Å². The third-order valence-corrected chi connectivity index (χ3v) is 6.63. The van der Waals surface area contributed by atoms with E-state index in [0.717, 1.165) is 24.2 Å². The molecule has 0 bridgehead atoms. The maximum atomic E-state index is 13.6. The van der Waals surface area contributed by atoms with Gasteiger partial charge in [-0.05, 0) is 62.7 Å². The van der Waals surface area contributed by atoms with Crippen molar-refractivity contribution in [2.75, 3.05) is 25.5 Å². The Bertz CT molecular complexity index is 1280. The van der Waals surface area contributed by atoms with E-state index in [9.17, 15) is 9.50 Å². The molecule has 1 fully saturated rings. The molecule has 3 heterocycles. The van der Waals surface area contributed by atoms with E-state index >= 15 is 0 Å². The standard InChI is InChI=1S/C27H29FN6O/c1-18(19-6-4-3-5-7-19)30-26-29-15-12-22(31-26)24-23(20-8-10-21(28)11-9-20)32-25(33-24)27(35)13-16-34(2)17-14-27/h3-12,15,18,35H,13-14,16-17H2,1-2H3,(H,32,33)(H,29,30,31)/t18-/m0/s1. The number of nitrogens with one attached hydrogen (secondary N) is 2. The number of rotatable bonds is 6. The summed E-state index contributed by atoms with van der Waals surface area (Å²) in [6.45, 7) is 3.61. The number of H-pyrrole nitrogens is 1. The average molecular weight is 473 g/mol. The second kappa shape index (κ2) is 9.56. The molecule has 3 N–H and O–H groups in total. The van der Waals surface area contributed by atoms with E-state index in [0.29, 0.717) is 41.7 Å². The lowest BCUT2D eigenvalue weighted by atomic mass is 9.91. The number of likely N-dealkylation sites (tertiary alicyclic amines) is 1. The van der Waals surface area contributed by atoms with Crippen molar-refractivity contribution >= 4 is 5.95 Å². The fourth-order valence-electron chi connectivity index (χ4n) is 4.41. The Morgan fingerprint density at radius 1 is 1.03 bits per heavy atom. The highest BCUT2D eigenvalue weighted by Crippen LogP contribution is 2.36. The first-order valence-electron chi connectivity index (χ1n) is 11.8. The van der Waals surface area contributed by atoms with Gasteiger partial charge in [0.25, 0.3) is 0 Å². The topological polar surface area (TPSA) is 90.0 Å². The minimum absolute atomic E-state index is 0.0142. The number of hydrogen-bond donors (Lipinski definition) is 3. The SMILES string of the molecule is C[C@H](Nc1nccc(-c2[nH]c(C3(O)CCN(C)CC3)nc2-c2ccc(F)cc2)n1)c1ccccc1. The van der Waals surface area contributed by atoms with Gasteiger partial charge in [-0.2, -0.15) is 0 Å². The van der Waals surface area contributed by atoms with Crippen LogP contribution < -0.4 is 5.32 Å². The fourth-order valence-corrected chi connectivity index (χ4v) is 4.41. The molecule has 180 valence electrons. The number of halogens is 1. The van der Waals surface area contributed by atoms with Gasteiger partial charge >= 0.3 is 0 Å². The first kappa shape index (κ1) is 23.1. The van der Waals surface area contributed by atoms with E-state index in [1.165, 1.54) is 12.1 Å². The average Bonchev–Trinajstić information content (AvgIpc) is 3.34. The molecule has 0 radical (unpaired) electrons. The van der Waals surface area contributed by atoms with Gasteiger partial charge in [-0.3, -0.25) is 0 Å². The highest BCUT2D eigenvalue weighted by atomic mass is 19.1. The number of piperidine rings is 1. The lowest BCUT2D eigenvalue weighted by Crippen LogP contribution is -2.41. The normalized spacial score (nSPS) is 16.7. The first-order chi connectivity index (χ1) is 16.9. The van der Waals surface area contributed by atoms with Crippen molar-refractivity contribution in [1.29, 1.82) is 0 Å². The second-order valence-corrected chi connectivity index (χ2v) is 9.19. The molecule has 1 saturated heterocycles. The van der Waals surface area contributed by atoms with Crippen molar-refractivity contribution < 1.29 is 9.50 Å². The smallest absolute Gasteiger partial charge is 0.223 e. The molecule has 1 aliphatic rings. The largest absolute Gasteiger partial charge is 0.382 e. The van der Waals surface area contributed by atoms with E-state index in [2.05, 4.69) is 39.2 Å². The van der Waals surface area contributed by atoms with Crippen LogP contribution in [0.4, 0.5) is 10.3 Å². The van der Waals surface area contributed by atoms with Crippen molar-refractivity contribution in [2.24, 2.45) is 0 Å². The third-order valence-electron chi connectivity index (χ3n) is 6.63. The monoisotopic (exact) mass is 472 g/mol. The lowest BCUT2D eigenvalue weighted by Gasteiger charge is -2.35. The maximum absolute atomic E-state index is 13.6. The molecule has 1 atom stereocenters. The predicted octanol–water partition coefficient (Wildman–Crippen LogP) is 4.76. The number of aliphatic hydroxyl groups is 1. The van der Waals surface area contributed by atoms with Crippen LogP contribution in [0.3, 0.4) is 0 Å². The van der Waals surface area contributed by atoms with Crippen molar-refractivity contribution in [3.8, 4) is 22.6 Å². The van der Waals surface area contributed by atoms with Gasteiger partial charge in [0, 0.05) is 24.8 Å². The Balaban J connectivity index is 1.52. The molecule has 0 unspecified atom stereocenters. The summed E-state index contributed by atoms with van der Waals surface area (Å²) < 4.78 is 13.6. The van der Waals surface area contributed by atoms with Crippen LogP contribution in [0.1, 0.15) is 37.2 Å².